The van der Waals surface area contributed by atoms with Crippen LogP contribution in [-0.2, 0) is 27.5 Å². The normalized spacial score (nSPS) is 12.1. The van der Waals surface area contributed by atoms with Crippen LogP contribution in [0.1, 0.15) is 11.1 Å². The van der Waals surface area contributed by atoms with E-state index in [-0.39, 0.29) is 15.5 Å². The van der Waals surface area contributed by atoms with Crippen molar-refractivity contribution in [3.63, 3.8) is 0 Å². The molecule has 3 rings (SSSR count). The average molecular weight is 501 g/mol. The number of hydrogen-bond acceptors (Lipinski definition) is 3. The van der Waals surface area contributed by atoms with E-state index in [0.717, 1.165) is 24.3 Å². The number of rotatable bonds is 7. The molecule has 0 aromatic heterocycles. The number of halogens is 5. The van der Waals surface area contributed by atoms with Gasteiger partial charge in [-0.1, -0.05) is 41.9 Å². The third kappa shape index (κ3) is 6.10. The highest BCUT2D eigenvalue weighted by Gasteiger charge is 2.34. The maximum Gasteiger partial charge on any atom is 0.418 e. The molecule has 5 nitrogen and oxygen atoms in total. The minimum absolute atomic E-state index is 0.0152. The lowest BCUT2D eigenvalue weighted by Gasteiger charge is -2.23. The number of nitrogens with one attached hydrogen (secondary N) is 1. The Kier molecular flexibility index (Phi) is 7.41. The molecule has 0 bridgehead atoms. The van der Waals surface area contributed by atoms with Gasteiger partial charge in [0.1, 0.15) is 5.82 Å². The number of amides is 1. The van der Waals surface area contributed by atoms with Crippen LogP contribution in [0.15, 0.2) is 77.7 Å². The minimum atomic E-state index is -4.73. The van der Waals surface area contributed by atoms with Crippen molar-refractivity contribution in [1.82, 2.24) is 4.31 Å². The van der Waals surface area contributed by atoms with Crippen LogP contribution in [0.4, 0.5) is 23.2 Å². The van der Waals surface area contributed by atoms with Gasteiger partial charge in [-0.25, -0.2) is 12.8 Å². The highest BCUT2D eigenvalue weighted by atomic mass is 35.5. The molecule has 0 radical (unpaired) electrons. The van der Waals surface area contributed by atoms with Gasteiger partial charge in [0.05, 0.1) is 22.7 Å². The maximum absolute atomic E-state index is 14.2. The number of anilines is 1. The Morgan fingerprint density at radius 1 is 0.939 bits per heavy atom. The van der Waals surface area contributed by atoms with Gasteiger partial charge in [-0.05, 0) is 42.5 Å². The second-order valence-electron chi connectivity index (χ2n) is 6.91. The molecule has 174 valence electrons. The summed E-state index contributed by atoms with van der Waals surface area (Å²) in [6, 6.07) is 14.8. The van der Waals surface area contributed by atoms with Gasteiger partial charge < -0.3 is 5.32 Å². The second-order valence-corrected chi connectivity index (χ2v) is 9.28. The van der Waals surface area contributed by atoms with Gasteiger partial charge in [0.15, 0.2) is 0 Å². The zero-order valence-electron chi connectivity index (χ0n) is 16.8. The van der Waals surface area contributed by atoms with Crippen molar-refractivity contribution in [2.75, 3.05) is 11.9 Å². The molecule has 1 N–H and O–H groups in total. The molecule has 0 atom stereocenters. The Morgan fingerprint density at radius 2 is 1.55 bits per heavy atom. The molecule has 3 aromatic carbocycles. The van der Waals surface area contributed by atoms with Gasteiger partial charge in [-0.15, -0.1) is 0 Å². The molecule has 0 spiro atoms. The van der Waals surface area contributed by atoms with Gasteiger partial charge in [0.25, 0.3) is 0 Å². The summed E-state index contributed by atoms with van der Waals surface area (Å²) < 4.78 is 80.9. The third-order valence-corrected chi connectivity index (χ3v) is 6.64. The predicted octanol–water partition coefficient (Wildman–Crippen LogP) is 5.33. The lowest BCUT2D eigenvalue weighted by molar-refractivity contribution is -0.137. The Bertz CT molecular complexity index is 1250. The largest absolute Gasteiger partial charge is 0.418 e. The first-order valence-corrected chi connectivity index (χ1v) is 11.3. The fourth-order valence-electron chi connectivity index (χ4n) is 2.99. The summed E-state index contributed by atoms with van der Waals surface area (Å²) in [6.45, 7) is -1.38. The van der Waals surface area contributed by atoms with E-state index >= 15 is 0 Å². The number of nitrogens with zero attached hydrogens (tertiary/aromatic N) is 1. The summed E-state index contributed by atoms with van der Waals surface area (Å²) in [5.74, 6) is -1.72. The van der Waals surface area contributed by atoms with Crippen LogP contribution < -0.4 is 5.32 Å². The van der Waals surface area contributed by atoms with Crippen molar-refractivity contribution in [3.8, 4) is 0 Å². The second kappa shape index (κ2) is 9.90. The Morgan fingerprint density at radius 3 is 2.18 bits per heavy atom. The minimum Gasteiger partial charge on any atom is -0.324 e. The van der Waals surface area contributed by atoms with Gasteiger partial charge in [-0.2, -0.15) is 17.5 Å². The summed E-state index contributed by atoms with van der Waals surface area (Å²) >= 11 is 5.80. The lowest BCUT2D eigenvalue weighted by atomic mass is 10.1. The number of alkyl halides is 3. The highest BCUT2D eigenvalue weighted by molar-refractivity contribution is 7.89. The van der Waals surface area contributed by atoms with Crippen molar-refractivity contribution < 1.29 is 30.8 Å². The number of carbonyl (C=O) groups is 1. The molecule has 0 aliphatic heterocycles. The number of hydrogen-bond donors (Lipinski definition) is 1. The molecule has 33 heavy (non-hydrogen) atoms. The summed E-state index contributed by atoms with van der Waals surface area (Å²) in [7, 11) is -4.33. The summed E-state index contributed by atoms with van der Waals surface area (Å²) in [4.78, 5) is 12.4. The van der Waals surface area contributed by atoms with Crippen LogP contribution in [0.3, 0.4) is 0 Å². The monoisotopic (exact) mass is 500 g/mol. The quantitative estimate of drug-likeness (QED) is 0.446. The van der Waals surface area contributed by atoms with E-state index in [2.05, 4.69) is 5.32 Å². The van der Waals surface area contributed by atoms with Crippen LogP contribution >= 0.6 is 11.6 Å². The molecule has 0 heterocycles. The molecule has 0 aliphatic carbocycles. The van der Waals surface area contributed by atoms with Crippen LogP contribution in [0.5, 0.6) is 0 Å². The van der Waals surface area contributed by atoms with Crippen molar-refractivity contribution in [2.45, 2.75) is 17.6 Å². The predicted molar refractivity (Wildman–Crippen MR) is 116 cm³/mol. The average Bonchev–Trinajstić information content (AvgIpc) is 2.74. The van der Waals surface area contributed by atoms with Crippen LogP contribution in [0.25, 0.3) is 0 Å². The van der Waals surface area contributed by atoms with Crippen LogP contribution in [-0.4, -0.2) is 25.2 Å². The Labute approximate surface area is 192 Å². The van der Waals surface area contributed by atoms with E-state index in [0.29, 0.717) is 4.31 Å². The number of carbonyl (C=O) groups excluding carboxylic acids is 1. The summed E-state index contributed by atoms with van der Waals surface area (Å²) in [5.41, 5.74) is -1.62. The standard InChI is InChI=1S/C22H17ClF4N2O3S/c23-16-9-11-17(12-10-16)33(31,32)29(13-15-5-1-3-7-19(15)24)14-21(30)28-20-8-4-2-6-18(20)22(25,26)27/h1-12H,13-14H2,(H,28,30). The third-order valence-electron chi connectivity index (χ3n) is 4.58. The number of sulfonamides is 1. The highest BCUT2D eigenvalue weighted by Crippen LogP contribution is 2.34. The molecular weight excluding hydrogens is 484 g/mol. The van der Waals surface area contributed by atoms with Crippen LogP contribution in [0.2, 0.25) is 5.02 Å². The smallest absolute Gasteiger partial charge is 0.324 e. The van der Waals surface area contributed by atoms with Crippen molar-refractivity contribution in [2.24, 2.45) is 0 Å². The molecule has 0 saturated carbocycles. The molecule has 0 aliphatic rings. The van der Waals surface area contributed by atoms with Crippen LogP contribution in [0, 0.1) is 5.82 Å². The maximum atomic E-state index is 14.2. The van der Waals surface area contributed by atoms with Crippen molar-refractivity contribution in [3.05, 3.63) is 94.8 Å². The van der Waals surface area contributed by atoms with E-state index in [1.807, 2.05) is 0 Å². The fraction of sp³-hybridized carbons (Fsp3) is 0.136. The molecular formula is C22H17ClF4N2O3S. The van der Waals surface area contributed by atoms with Gasteiger partial charge in [0.2, 0.25) is 15.9 Å². The first-order valence-electron chi connectivity index (χ1n) is 9.43. The molecule has 1 amide bonds. The van der Waals surface area contributed by atoms with E-state index in [9.17, 15) is 30.8 Å². The number of benzene rings is 3. The molecule has 0 saturated heterocycles. The first-order chi connectivity index (χ1) is 15.5. The number of para-hydroxylation sites is 1. The summed E-state index contributed by atoms with van der Waals surface area (Å²) in [6.07, 6.45) is -4.73. The topological polar surface area (TPSA) is 66.5 Å². The van der Waals surface area contributed by atoms with Gasteiger partial charge in [0, 0.05) is 17.1 Å². The SMILES string of the molecule is O=C(CN(Cc1ccccc1F)S(=O)(=O)c1ccc(Cl)cc1)Nc1ccccc1C(F)(F)F. The Balaban J connectivity index is 1.93. The van der Waals surface area contributed by atoms with E-state index in [4.69, 9.17) is 11.6 Å². The van der Waals surface area contributed by atoms with Crippen molar-refractivity contribution in [1.29, 1.82) is 0 Å². The Hall–Kier alpha value is -2.95. The van der Waals surface area contributed by atoms with Crippen molar-refractivity contribution >= 4 is 33.2 Å². The zero-order chi connectivity index (χ0) is 24.2. The van der Waals surface area contributed by atoms with Gasteiger partial charge >= 0.3 is 6.18 Å². The summed E-state index contributed by atoms with van der Waals surface area (Å²) in [5, 5.41) is 2.37. The van der Waals surface area contributed by atoms with E-state index in [1.165, 1.54) is 48.5 Å². The van der Waals surface area contributed by atoms with E-state index < -0.39 is 52.3 Å². The lowest BCUT2D eigenvalue weighted by Crippen LogP contribution is -2.38. The molecule has 3 aromatic rings. The molecule has 0 fully saturated rings. The van der Waals surface area contributed by atoms with Gasteiger partial charge in [-0.3, -0.25) is 4.79 Å². The zero-order valence-corrected chi connectivity index (χ0v) is 18.4. The molecule has 11 heteroatoms. The fourth-order valence-corrected chi connectivity index (χ4v) is 4.49. The molecule has 0 unspecified atom stereocenters. The first kappa shape index (κ1) is 24.7. The van der Waals surface area contributed by atoms with E-state index in [1.54, 1.807) is 0 Å².